The molecule has 0 radical (unpaired) electrons. The standard InChI is InChI=1S/C15H22N2O2/c18-14-6-3-5-12-10-8-11(15(19)17(12)14)13-4-1-2-7-16(13)9-10/h5,10-11,13-14,18H,1-4,6-9H2/t10?,11?,13-,14?/m0/s1. The maximum Gasteiger partial charge on any atom is 0.233 e. The van der Waals surface area contributed by atoms with E-state index in [0.29, 0.717) is 18.4 Å². The fourth-order valence-corrected chi connectivity index (χ4v) is 4.60. The van der Waals surface area contributed by atoms with Gasteiger partial charge in [0.05, 0.1) is 5.92 Å². The summed E-state index contributed by atoms with van der Waals surface area (Å²) in [6.07, 6.45) is 7.91. The van der Waals surface area contributed by atoms with Crippen LogP contribution in [0.5, 0.6) is 0 Å². The second-order valence-corrected chi connectivity index (χ2v) is 6.49. The van der Waals surface area contributed by atoms with Crippen LogP contribution in [0.2, 0.25) is 0 Å². The summed E-state index contributed by atoms with van der Waals surface area (Å²) in [6.45, 7) is 2.24. The predicted molar refractivity (Wildman–Crippen MR) is 71.0 cm³/mol. The van der Waals surface area contributed by atoms with E-state index in [1.807, 2.05) is 0 Å². The first-order valence-corrected chi connectivity index (χ1v) is 7.71. The van der Waals surface area contributed by atoms with Crippen molar-refractivity contribution in [2.24, 2.45) is 11.8 Å². The van der Waals surface area contributed by atoms with Crippen molar-refractivity contribution in [3.63, 3.8) is 0 Å². The van der Waals surface area contributed by atoms with Gasteiger partial charge >= 0.3 is 0 Å². The number of aliphatic hydroxyl groups excluding tert-OH is 1. The number of piperidine rings is 3. The van der Waals surface area contributed by atoms with E-state index in [4.69, 9.17) is 0 Å². The van der Waals surface area contributed by atoms with E-state index in [1.165, 1.54) is 12.8 Å². The Morgan fingerprint density at radius 3 is 3.05 bits per heavy atom. The van der Waals surface area contributed by atoms with E-state index < -0.39 is 6.23 Å². The second kappa shape index (κ2) is 4.32. The van der Waals surface area contributed by atoms with E-state index in [0.717, 1.165) is 38.0 Å². The van der Waals surface area contributed by atoms with Gasteiger partial charge < -0.3 is 5.11 Å². The molecule has 4 nitrogen and oxygen atoms in total. The first kappa shape index (κ1) is 11.9. The second-order valence-electron chi connectivity index (χ2n) is 6.49. The van der Waals surface area contributed by atoms with Gasteiger partial charge in [0.15, 0.2) is 0 Å². The van der Waals surface area contributed by atoms with Crippen molar-refractivity contribution in [1.29, 1.82) is 0 Å². The summed E-state index contributed by atoms with van der Waals surface area (Å²) in [5.41, 5.74) is 1.11. The summed E-state index contributed by atoms with van der Waals surface area (Å²) in [6, 6.07) is 0.438. The van der Waals surface area contributed by atoms with Crippen molar-refractivity contribution < 1.29 is 9.90 Å². The third-order valence-corrected chi connectivity index (χ3v) is 5.45. The molecule has 3 unspecified atom stereocenters. The van der Waals surface area contributed by atoms with Crippen LogP contribution >= 0.6 is 0 Å². The number of fused-ring (bicyclic) bond motifs is 6. The third-order valence-electron chi connectivity index (χ3n) is 5.45. The lowest BCUT2D eigenvalue weighted by Gasteiger charge is -2.54. The van der Waals surface area contributed by atoms with Gasteiger partial charge in [-0.05, 0) is 38.6 Å². The fourth-order valence-electron chi connectivity index (χ4n) is 4.60. The van der Waals surface area contributed by atoms with Crippen molar-refractivity contribution in [3.05, 3.63) is 11.8 Å². The van der Waals surface area contributed by atoms with E-state index in [1.54, 1.807) is 4.90 Å². The van der Waals surface area contributed by atoms with Crippen molar-refractivity contribution in [3.8, 4) is 0 Å². The van der Waals surface area contributed by atoms with Crippen LogP contribution in [0.1, 0.15) is 38.5 Å². The molecule has 4 atom stereocenters. The van der Waals surface area contributed by atoms with Crippen LogP contribution in [0.3, 0.4) is 0 Å². The molecule has 0 aromatic rings. The third kappa shape index (κ3) is 1.69. The molecule has 0 spiro atoms. The predicted octanol–water partition coefficient (Wildman–Crippen LogP) is 1.32. The molecule has 4 aliphatic rings. The van der Waals surface area contributed by atoms with Gasteiger partial charge in [-0.25, -0.2) is 0 Å². The summed E-state index contributed by atoms with van der Waals surface area (Å²) in [7, 11) is 0. The zero-order valence-electron chi connectivity index (χ0n) is 11.3. The number of rotatable bonds is 0. The van der Waals surface area contributed by atoms with Gasteiger partial charge in [0.25, 0.3) is 0 Å². The molecule has 0 aromatic carbocycles. The first-order valence-electron chi connectivity index (χ1n) is 7.71. The van der Waals surface area contributed by atoms with Crippen molar-refractivity contribution in [1.82, 2.24) is 9.80 Å². The molecule has 0 aliphatic carbocycles. The normalized spacial score (nSPS) is 42.5. The molecule has 4 heteroatoms. The highest BCUT2D eigenvalue weighted by Gasteiger charge is 2.50. The molecule has 1 N–H and O–H groups in total. The maximum atomic E-state index is 12.7. The number of carbonyl (C=O) groups is 1. The van der Waals surface area contributed by atoms with Gasteiger partial charge in [-0.15, -0.1) is 0 Å². The largest absolute Gasteiger partial charge is 0.373 e. The van der Waals surface area contributed by atoms with Gasteiger partial charge in [0.1, 0.15) is 6.23 Å². The SMILES string of the molecule is O=C1C2CC(CN3CCCC[C@@H]23)C2=CCCC(O)N12. The maximum absolute atomic E-state index is 12.7. The smallest absolute Gasteiger partial charge is 0.233 e. The molecule has 2 bridgehead atoms. The Kier molecular flexibility index (Phi) is 2.71. The summed E-state index contributed by atoms with van der Waals surface area (Å²) >= 11 is 0. The molecule has 104 valence electrons. The van der Waals surface area contributed by atoms with Crippen LogP contribution < -0.4 is 0 Å². The van der Waals surface area contributed by atoms with Crippen LogP contribution in [0.25, 0.3) is 0 Å². The van der Waals surface area contributed by atoms with Crippen molar-refractivity contribution in [2.75, 3.05) is 13.1 Å². The minimum Gasteiger partial charge on any atom is -0.373 e. The van der Waals surface area contributed by atoms with Crippen molar-refractivity contribution >= 4 is 5.91 Å². The van der Waals surface area contributed by atoms with E-state index >= 15 is 0 Å². The lowest BCUT2D eigenvalue weighted by atomic mass is 9.73. The Bertz CT molecular complexity index is 434. The van der Waals surface area contributed by atoms with Crippen LogP contribution in [-0.4, -0.2) is 46.2 Å². The quantitative estimate of drug-likeness (QED) is 0.716. The Hall–Kier alpha value is -0.870. The topological polar surface area (TPSA) is 43.8 Å². The summed E-state index contributed by atoms with van der Waals surface area (Å²) in [5.74, 6) is 0.780. The summed E-state index contributed by atoms with van der Waals surface area (Å²) < 4.78 is 0. The average Bonchev–Trinajstić information content (AvgIpc) is 2.44. The molecule has 3 fully saturated rings. The monoisotopic (exact) mass is 262 g/mol. The molecular formula is C15H22N2O2. The molecule has 4 rings (SSSR count). The zero-order chi connectivity index (χ0) is 13.0. The van der Waals surface area contributed by atoms with Crippen molar-refractivity contribution in [2.45, 2.75) is 50.8 Å². The van der Waals surface area contributed by atoms with E-state index in [9.17, 15) is 9.90 Å². The number of nitrogens with zero attached hydrogens (tertiary/aromatic N) is 2. The molecule has 0 saturated carbocycles. The lowest BCUT2D eigenvalue weighted by Crippen LogP contribution is -2.62. The molecule has 4 aliphatic heterocycles. The van der Waals surface area contributed by atoms with Gasteiger partial charge in [-0.1, -0.05) is 12.5 Å². The molecule has 4 heterocycles. The molecule has 1 amide bonds. The minimum atomic E-state index is -0.576. The van der Waals surface area contributed by atoms with E-state index in [-0.39, 0.29) is 11.8 Å². The highest BCUT2D eigenvalue weighted by atomic mass is 16.3. The molecule has 3 saturated heterocycles. The van der Waals surface area contributed by atoms with Gasteiger partial charge in [0.2, 0.25) is 5.91 Å². The summed E-state index contributed by atoms with van der Waals surface area (Å²) in [4.78, 5) is 17.0. The minimum absolute atomic E-state index is 0.129. The summed E-state index contributed by atoms with van der Waals surface area (Å²) in [5, 5.41) is 10.2. The number of amides is 1. The molecule has 19 heavy (non-hydrogen) atoms. The average molecular weight is 262 g/mol. The van der Waals surface area contributed by atoms with E-state index in [2.05, 4.69) is 11.0 Å². The highest BCUT2D eigenvalue weighted by Crippen LogP contribution is 2.44. The Balaban J connectivity index is 1.70. The number of carbonyl (C=O) groups excluding carboxylic acids is 1. The van der Waals surface area contributed by atoms with Crippen LogP contribution in [0.15, 0.2) is 11.8 Å². The first-order chi connectivity index (χ1) is 9.25. The molecule has 0 aromatic heterocycles. The molecular weight excluding hydrogens is 240 g/mol. The Labute approximate surface area is 114 Å². The highest BCUT2D eigenvalue weighted by molar-refractivity contribution is 5.83. The number of hydrogen-bond donors (Lipinski definition) is 1. The number of hydrogen-bond acceptors (Lipinski definition) is 3. The lowest BCUT2D eigenvalue weighted by molar-refractivity contribution is -0.157. The van der Waals surface area contributed by atoms with Gasteiger partial charge in [0, 0.05) is 24.2 Å². The fraction of sp³-hybridized carbons (Fsp3) is 0.800. The van der Waals surface area contributed by atoms with Crippen LogP contribution in [0, 0.1) is 11.8 Å². The number of allylic oxidation sites excluding steroid dienone is 1. The van der Waals surface area contributed by atoms with Crippen LogP contribution in [-0.2, 0) is 4.79 Å². The Morgan fingerprint density at radius 1 is 1.26 bits per heavy atom. The van der Waals surface area contributed by atoms with Gasteiger partial charge in [-0.2, -0.15) is 0 Å². The zero-order valence-corrected chi connectivity index (χ0v) is 11.3. The van der Waals surface area contributed by atoms with Crippen LogP contribution in [0.4, 0.5) is 0 Å². The number of aliphatic hydroxyl groups is 1. The van der Waals surface area contributed by atoms with Gasteiger partial charge in [-0.3, -0.25) is 14.6 Å². The Morgan fingerprint density at radius 2 is 2.16 bits per heavy atom.